The number of nitrogens with zero attached hydrogens (tertiary/aromatic N) is 1. The van der Waals surface area contributed by atoms with Crippen molar-refractivity contribution < 1.29 is 14.3 Å². The summed E-state index contributed by atoms with van der Waals surface area (Å²) in [6.07, 6.45) is 1.77. The lowest BCUT2D eigenvalue weighted by Crippen LogP contribution is -2.27. The van der Waals surface area contributed by atoms with Gasteiger partial charge in [0.05, 0.1) is 6.61 Å². The van der Waals surface area contributed by atoms with E-state index in [4.69, 9.17) is 0 Å². The van der Waals surface area contributed by atoms with Gasteiger partial charge in [-0.15, -0.1) is 0 Å². The molecule has 0 radical (unpaired) electrons. The number of carbonyl (C=O) groups is 1. The first-order valence-electron chi connectivity index (χ1n) is 7.36. The highest BCUT2D eigenvalue weighted by Gasteiger charge is 2.08. The molecule has 1 aromatic heterocycles. The van der Waals surface area contributed by atoms with Crippen molar-refractivity contribution in [2.45, 2.75) is 19.7 Å². The summed E-state index contributed by atoms with van der Waals surface area (Å²) in [5, 5.41) is 12.9. The largest absolute Gasteiger partial charge is 0.392 e. The fourth-order valence-electron chi connectivity index (χ4n) is 2.60. The molecular weight excluding hydrogens is 295 g/mol. The Labute approximate surface area is 133 Å². The summed E-state index contributed by atoms with van der Waals surface area (Å²) < 4.78 is 15.0. The lowest BCUT2D eigenvalue weighted by Gasteiger charge is -2.10. The Kier molecular flexibility index (Phi) is 4.39. The Balaban J connectivity index is 1.67. The topological polar surface area (TPSA) is 54.3 Å². The van der Waals surface area contributed by atoms with Crippen LogP contribution in [0.4, 0.5) is 4.39 Å². The van der Waals surface area contributed by atoms with Gasteiger partial charge in [0.2, 0.25) is 5.91 Å². The zero-order valence-electron chi connectivity index (χ0n) is 12.5. The summed E-state index contributed by atoms with van der Waals surface area (Å²) in [6, 6.07) is 13.7. The second-order valence-corrected chi connectivity index (χ2v) is 5.35. The van der Waals surface area contributed by atoms with Crippen LogP contribution in [0.5, 0.6) is 0 Å². The van der Waals surface area contributed by atoms with E-state index in [2.05, 4.69) is 5.32 Å². The maximum Gasteiger partial charge on any atom is 0.240 e. The van der Waals surface area contributed by atoms with Crippen LogP contribution in [0.2, 0.25) is 0 Å². The zero-order chi connectivity index (χ0) is 16.2. The molecule has 0 aliphatic rings. The first-order valence-corrected chi connectivity index (χ1v) is 7.36. The minimum Gasteiger partial charge on any atom is -0.392 e. The highest BCUT2D eigenvalue weighted by Crippen LogP contribution is 2.17. The number of aliphatic hydroxyl groups excluding tert-OH is 1. The van der Waals surface area contributed by atoms with E-state index in [1.807, 2.05) is 24.3 Å². The molecule has 0 atom stereocenters. The summed E-state index contributed by atoms with van der Waals surface area (Å²) in [5.74, 6) is -0.431. The number of aliphatic hydroxyl groups is 1. The fraction of sp³-hybridized carbons (Fsp3) is 0.167. The third-order valence-corrected chi connectivity index (χ3v) is 3.81. The molecule has 0 unspecified atom stereocenters. The number of benzene rings is 2. The van der Waals surface area contributed by atoms with Crippen LogP contribution in [0.15, 0.2) is 54.7 Å². The molecule has 1 heterocycles. The van der Waals surface area contributed by atoms with Crippen LogP contribution in [0, 0.1) is 5.82 Å². The summed E-state index contributed by atoms with van der Waals surface area (Å²) in [6.45, 7) is 0.472. The van der Waals surface area contributed by atoms with E-state index in [1.54, 1.807) is 22.9 Å². The van der Waals surface area contributed by atoms with E-state index in [0.29, 0.717) is 6.54 Å². The smallest absolute Gasteiger partial charge is 0.240 e. The molecule has 118 valence electrons. The molecule has 3 rings (SSSR count). The number of fused-ring (bicyclic) bond motifs is 1. The molecule has 23 heavy (non-hydrogen) atoms. The second-order valence-electron chi connectivity index (χ2n) is 5.35. The summed E-state index contributed by atoms with van der Waals surface area (Å²) in [5.41, 5.74) is 2.51. The summed E-state index contributed by atoms with van der Waals surface area (Å²) in [7, 11) is 0. The van der Waals surface area contributed by atoms with Crippen molar-refractivity contribution in [1.29, 1.82) is 0 Å². The van der Waals surface area contributed by atoms with Gasteiger partial charge in [0.15, 0.2) is 0 Å². The highest BCUT2D eigenvalue weighted by atomic mass is 19.1. The monoisotopic (exact) mass is 312 g/mol. The van der Waals surface area contributed by atoms with Crippen LogP contribution in [-0.2, 0) is 24.5 Å². The van der Waals surface area contributed by atoms with Crippen LogP contribution in [0.3, 0.4) is 0 Å². The first-order chi connectivity index (χ1) is 11.2. The predicted octanol–water partition coefficient (Wildman–Crippen LogP) is 2.59. The van der Waals surface area contributed by atoms with Crippen molar-refractivity contribution in [2.75, 3.05) is 0 Å². The molecule has 0 aliphatic carbocycles. The molecule has 0 saturated heterocycles. The van der Waals surface area contributed by atoms with Gasteiger partial charge < -0.3 is 15.0 Å². The number of hydrogen-bond acceptors (Lipinski definition) is 2. The average Bonchev–Trinajstić information content (AvgIpc) is 2.95. The Bertz CT molecular complexity index is 842. The Hall–Kier alpha value is -2.66. The van der Waals surface area contributed by atoms with Crippen LogP contribution < -0.4 is 5.32 Å². The Morgan fingerprint density at radius 3 is 2.70 bits per heavy atom. The fourth-order valence-corrected chi connectivity index (χ4v) is 2.60. The molecular formula is C18H17FN2O2. The molecule has 0 fully saturated rings. The maximum atomic E-state index is 13.2. The van der Waals surface area contributed by atoms with Crippen molar-refractivity contribution >= 4 is 16.8 Å². The van der Waals surface area contributed by atoms with E-state index in [0.717, 1.165) is 22.0 Å². The van der Waals surface area contributed by atoms with E-state index in [9.17, 15) is 14.3 Å². The van der Waals surface area contributed by atoms with E-state index in [-0.39, 0.29) is 24.9 Å². The van der Waals surface area contributed by atoms with Gasteiger partial charge >= 0.3 is 0 Å². The Morgan fingerprint density at radius 1 is 1.13 bits per heavy atom. The molecule has 3 aromatic rings. The van der Waals surface area contributed by atoms with Crippen molar-refractivity contribution in [3.8, 4) is 0 Å². The number of hydrogen-bond donors (Lipinski definition) is 2. The number of halogens is 1. The van der Waals surface area contributed by atoms with Crippen LogP contribution in [-0.4, -0.2) is 15.6 Å². The quantitative estimate of drug-likeness (QED) is 0.761. The molecule has 0 aliphatic heterocycles. The van der Waals surface area contributed by atoms with E-state index < -0.39 is 0 Å². The SMILES string of the molecule is O=C(Cn1ccc2cc(F)ccc21)NCc1ccccc1CO. The number of amides is 1. The van der Waals surface area contributed by atoms with Gasteiger partial charge in [0.25, 0.3) is 0 Å². The molecule has 2 N–H and O–H groups in total. The maximum absolute atomic E-state index is 13.2. The zero-order valence-corrected chi connectivity index (χ0v) is 12.5. The third-order valence-electron chi connectivity index (χ3n) is 3.81. The molecule has 5 heteroatoms. The Morgan fingerprint density at radius 2 is 1.91 bits per heavy atom. The first kappa shape index (κ1) is 15.2. The summed E-state index contributed by atoms with van der Waals surface area (Å²) >= 11 is 0. The average molecular weight is 312 g/mol. The van der Waals surface area contributed by atoms with Crippen molar-refractivity contribution in [1.82, 2.24) is 9.88 Å². The molecule has 1 amide bonds. The van der Waals surface area contributed by atoms with Crippen molar-refractivity contribution in [3.63, 3.8) is 0 Å². The van der Waals surface area contributed by atoms with E-state index in [1.165, 1.54) is 12.1 Å². The van der Waals surface area contributed by atoms with Gasteiger partial charge in [-0.05, 0) is 35.4 Å². The molecule has 0 spiro atoms. The second kappa shape index (κ2) is 6.62. The highest BCUT2D eigenvalue weighted by molar-refractivity contribution is 5.83. The number of carbonyl (C=O) groups excluding carboxylic acids is 1. The van der Waals surface area contributed by atoms with Crippen LogP contribution in [0.1, 0.15) is 11.1 Å². The van der Waals surface area contributed by atoms with Crippen molar-refractivity contribution in [2.24, 2.45) is 0 Å². The van der Waals surface area contributed by atoms with Gasteiger partial charge in [-0.1, -0.05) is 24.3 Å². The number of rotatable bonds is 5. The lowest BCUT2D eigenvalue weighted by atomic mass is 10.1. The van der Waals surface area contributed by atoms with Gasteiger partial charge in [-0.3, -0.25) is 4.79 Å². The van der Waals surface area contributed by atoms with Gasteiger partial charge in [-0.25, -0.2) is 4.39 Å². The van der Waals surface area contributed by atoms with Gasteiger partial charge in [0, 0.05) is 23.6 Å². The number of nitrogens with one attached hydrogen (secondary N) is 1. The molecule has 0 saturated carbocycles. The van der Waals surface area contributed by atoms with Gasteiger partial charge in [0.1, 0.15) is 12.4 Å². The van der Waals surface area contributed by atoms with Crippen molar-refractivity contribution in [3.05, 3.63) is 71.7 Å². The summed E-state index contributed by atoms with van der Waals surface area (Å²) in [4.78, 5) is 12.1. The van der Waals surface area contributed by atoms with Gasteiger partial charge in [-0.2, -0.15) is 0 Å². The van der Waals surface area contributed by atoms with E-state index >= 15 is 0 Å². The molecule has 4 nitrogen and oxygen atoms in total. The normalized spacial score (nSPS) is 10.9. The van der Waals surface area contributed by atoms with Crippen LogP contribution in [0.25, 0.3) is 10.9 Å². The lowest BCUT2D eigenvalue weighted by molar-refractivity contribution is -0.121. The third kappa shape index (κ3) is 3.40. The predicted molar refractivity (Wildman–Crippen MR) is 86.1 cm³/mol. The standard InChI is InChI=1S/C18H17FN2O2/c19-16-5-6-17-13(9-16)7-8-21(17)11-18(23)20-10-14-3-1-2-4-15(14)12-22/h1-9,22H,10-12H2,(H,20,23). The minimum absolute atomic E-state index is 0.0557. The number of aromatic nitrogens is 1. The van der Waals surface area contributed by atoms with Crippen LogP contribution >= 0.6 is 0 Å². The minimum atomic E-state index is -0.291. The molecule has 2 aromatic carbocycles. The molecule has 0 bridgehead atoms.